The summed E-state index contributed by atoms with van der Waals surface area (Å²) in [6, 6.07) is 2.78. The lowest BCUT2D eigenvalue weighted by Crippen LogP contribution is -2.30. The van der Waals surface area contributed by atoms with Gasteiger partial charge < -0.3 is 4.42 Å². The molecule has 0 atom stereocenters. The van der Waals surface area contributed by atoms with E-state index in [9.17, 15) is 18.0 Å². The molecular weight excluding hydrogens is 320 g/mol. The number of sulfonamides is 1. The van der Waals surface area contributed by atoms with Crippen molar-refractivity contribution in [3.63, 3.8) is 0 Å². The normalized spacial score (nSPS) is 14.4. The number of rotatable bonds is 3. The number of hydrogen-bond donors (Lipinski definition) is 1. The van der Waals surface area contributed by atoms with Crippen LogP contribution in [0.25, 0.3) is 0 Å². The lowest BCUT2D eigenvalue weighted by molar-refractivity contribution is 0.0944. The van der Waals surface area contributed by atoms with Gasteiger partial charge in [-0.25, -0.2) is 13.1 Å². The number of aromatic nitrogens is 1. The zero-order valence-corrected chi connectivity index (χ0v) is 13.1. The smallest absolute Gasteiger partial charge is 0.300 e. The van der Waals surface area contributed by atoms with E-state index in [1.165, 1.54) is 18.3 Å². The SMILES string of the molecule is Cc1c(C(=O)NS(=O)(=O)c2cccnc2)oc2c1C(=O)CCC2. The van der Waals surface area contributed by atoms with Gasteiger partial charge in [-0.2, -0.15) is 0 Å². The van der Waals surface area contributed by atoms with Crippen LogP contribution in [-0.4, -0.2) is 25.1 Å². The summed E-state index contributed by atoms with van der Waals surface area (Å²) in [6.45, 7) is 1.58. The molecule has 1 aliphatic rings. The van der Waals surface area contributed by atoms with Gasteiger partial charge in [-0.3, -0.25) is 14.6 Å². The predicted octanol–water partition coefficient (Wildman–Crippen LogP) is 1.62. The zero-order valence-electron chi connectivity index (χ0n) is 12.3. The number of pyridine rings is 1. The van der Waals surface area contributed by atoms with Crippen LogP contribution in [0.1, 0.15) is 45.1 Å². The van der Waals surface area contributed by atoms with Crippen molar-refractivity contribution in [2.75, 3.05) is 0 Å². The molecule has 1 N–H and O–H groups in total. The number of Topliss-reactive ketones (excluding diaryl/α,β-unsaturated/α-hetero) is 1. The molecule has 7 nitrogen and oxygen atoms in total. The van der Waals surface area contributed by atoms with Gasteiger partial charge in [0.15, 0.2) is 11.5 Å². The Labute approximate surface area is 132 Å². The minimum Gasteiger partial charge on any atom is -0.455 e. The molecule has 2 heterocycles. The quantitative estimate of drug-likeness (QED) is 0.914. The Morgan fingerprint density at radius 1 is 1.35 bits per heavy atom. The van der Waals surface area contributed by atoms with Crippen molar-refractivity contribution in [2.45, 2.75) is 31.1 Å². The topological polar surface area (TPSA) is 106 Å². The second-order valence-corrected chi connectivity index (χ2v) is 6.94. The Morgan fingerprint density at radius 2 is 2.13 bits per heavy atom. The van der Waals surface area contributed by atoms with Crippen LogP contribution in [0.5, 0.6) is 0 Å². The Bertz CT molecular complexity index is 884. The molecule has 0 aromatic carbocycles. The maximum absolute atomic E-state index is 12.3. The van der Waals surface area contributed by atoms with Crippen LogP contribution in [-0.2, 0) is 16.4 Å². The first-order valence-electron chi connectivity index (χ1n) is 7.03. The van der Waals surface area contributed by atoms with Crippen molar-refractivity contribution in [1.29, 1.82) is 0 Å². The summed E-state index contributed by atoms with van der Waals surface area (Å²) >= 11 is 0. The fourth-order valence-corrected chi connectivity index (χ4v) is 3.51. The van der Waals surface area contributed by atoms with Crippen molar-refractivity contribution >= 4 is 21.7 Å². The van der Waals surface area contributed by atoms with E-state index in [2.05, 4.69) is 4.98 Å². The third kappa shape index (κ3) is 2.77. The number of aryl methyl sites for hydroxylation is 1. The van der Waals surface area contributed by atoms with E-state index >= 15 is 0 Å². The van der Waals surface area contributed by atoms with Gasteiger partial charge in [0.2, 0.25) is 0 Å². The monoisotopic (exact) mass is 334 g/mol. The van der Waals surface area contributed by atoms with Crippen LogP contribution >= 0.6 is 0 Å². The van der Waals surface area contributed by atoms with E-state index in [1.54, 1.807) is 6.92 Å². The Hall–Kier alpha value is -2.48. The second-order valence-electron chi connectivity index (χ2n) is 5.25. The molecule has 0 bridgehead atoms. The Morgan fingerprint density at radius 3 is 2.78 bits per heavy atom. The number of fused-ring (bicyclic) bond motifs is 1. The van der Waals surface area contributed by atoms with E-state index in [1.807, 2.05) is 4.72 Å². The van der Waals surface area contributed by atoms with Crippen LogP contribution in [0.2, 0.25) is 0 Å². The van der Waals surface area contributed by atoms with E-state index in [-0.39, 0.29) is 16.4 Å². The number of nitrogens with zero attached hydrogens (tertiary/aromatic N) is 1. The van der Waals surface area contributed by atoms with Gasteiger partial charge in [0.1, 0.15) is 10.7 Å². The van der Waals surface area contributed by atoms with Crippen LogP contribution in [0, 0.1) is 6.92 Å². The summed E-state index contributed by atoms with van der Waals surface area (Å²) in [6.07, 6.45) is 4.19. The molecule has 23 heavy (non-hydrogen) atoms. The minimum atomic E-state index is -4.05. The molecule has 0 aliphatic heterocycles. The van der Waals surface area contributed by atoms with Gasteiger partial charge in [-0.1, -0.05) is 0 Å². The van der Waals surface area contributed by atoms with E-state index < -0.39 is 15.9 Å². The number of amides is 1. The first kappa shape index (κ1) is 15.4. The maximum atomic E-state index is 12.3. The number of nitrogens with one attached hydrogen (secondary N) is 1. The molecule has 2 aromatic rings. The summed E-state index contributed by atoms with van der Waals surface area (Å²) in [5.74, 6) is -0.671. The summed E-state index contributed by atoms with van der Waals surface area (Å²) in [4.78, 5) is 27.8. The van der Waals surface area contributed by atoms with Gasteiger partial charge in [-0.05, 0) is 25.5 Å². The second kappa shape index (κ2) is 5.62. The lowest BCUT2D eigenvalue weighted by Gasteiger charge is -2.07. The largest absolute Gasteiger partial charge is 0.455 e. The molecular formula is C15H14N2O5S. The summed E-state index contributed by atoms with van der Waals surface area (Å²) in [5.41, 5.74) is 0.781. The molecule has 2 aromatic heterocycles. The third-order valence-corrected chi connectivity index (χ3v) is 5.00. The van der Waals surface area contributed by atoms with Gasteiger partial charge in [0, 0.05) is 30.8 Å². The average molecular weight is 334 g/mol. The molecule has 3 rings (SSSR count). The van der Waals surface area contributed by atoms with Crippen LogP contribution in [0.15, 0.2) is 33.8 Å². The fraction of sp³-hybridized carbons (Fsp3) is 0.267. The molecule has 8 heteroatoms. The molecule has 0 saturated heterocycles. The molecule has 1 amide bonds. The molecule has 0 fully saturated rings. The zero-order chi connectivity index (χ0) is 16.6. The summed E-state index contributed by atoms with van der Waals surface area (Å²) < 4.78 is 31.7. The van der Waals surface area contributed by atoms with E-state index in [4.69, 9.17) is 4.42 Å². The van der Waals surface area contributed by atoms with Crippen LogP contribution < -0.4 is 4.72 Å². The molecule has 0 saturated carbocycles. The first-order valence-corrected chi connectivity index (χ1v) is 8.51. The maximum Gasteiger partial charge on any atom is 0.300 e. The Kier molecular flexibility index (Phi) is 3.77. The number of ketones is 1. The number of carbonyl (C=O) groups excluding carboxylic acids is 2. The summed E-state index contributed by atoms with van der Waals surface area (Å²) in [7, 11) is -4.05. The molecule has 120 valence electrons. The lowest BCUT2D eigenvalue weighted by atomic mass is 9.94. The van der Waals surface area contributed by atoms with Crippen LogP contribution in [0.3, 0.4) is 0 Å². The highest BCUT2D eigenvalue weighted by Crippen LogP contribution is 2.29. The highest BCUT2D eigenvalue weighted by atomic mass is 32.2. The average Bonchev–Trinajstić information content (AvgIpc) is 2.86. The van der Waals surface area contributed by atoms with Gasteiger partial charge >= 0.3 is 5.91 Å². The molecule has 0 unspecified atom stereocenters. The Balaban J connectivity index is 1.92. The molecule has 0 spiro atoms. The highest BCUT2D eigenvalue weighted by molar-refractivity contribution is 7.90. The highest BCUT2D eigenvalue weighted by Gasteiger charge is 2.30. The van der Waals surface area contributed by atoms with Gasteiger partial charge in [0.05, 0.1) is 5.56 Å². The van der Waals surface area contributed by atoms with Crippen molar-refractivity contribution in [1.82, 2.24) is 9.71 Å². The van der Waals surface area contributed by atoms with Crippen molar-refractivity contribution in [3.05, 3.63) is 47.2 Å². The first-order chi connectivity index (χ1) is 10.9. The minimum absolute atomic E-state index is 0.0818. The predicted molar refractivity (Wildman–Crippen MR) is 79.6 cm³/mol. The standard InChI is InChI=1S/C15H14N2O5S/c1-9-13-11(18)5-2-6-12(13)22-14(9)15(19)17-23(20,21)10-4-3-7-16-8-10/h3-4,7-8H,2,5-6H2,1H3,(H,17,19). The van der Waals surface area contributed by atoms with Gasteiger partial charge in [0.25, 0.3) is 10.0 Å². The van der Waals surface area contributed by atoms with Crippen molar-refractivity contribution in [3.8, 4) is 0 Å². The van der Waals surface area contributed by atoms with Crippen LogP contribution in [0.4, 0.5) is 0 Å². The van der Waals surface area contributed by atoms with Gasteiger partial charge in [-0.15, -0.1) is 0 Å². The number of carbonyl (C=O) groups is 2. The summed E-state index contributed by atoms with van der Waals surface area (Å²) in [5, 5.41) is 0. The van der Waals surface area contributed by atoms with E-state index in [0.717, 1.165) is 6.20 Å². The molecule has 0 radical (unpaired) electrons. The van der Waals surface area contributed by atoms with Crippen molar-refractivity contribution in [2.24, 2.45) is 0 Å². The molecule has 1 aliphatic carbocycles. The van der Waals surface area contributed by atoms with E-state index in [0.29, 0.717) is 36.1 Å². The third-order valence-electron chi connectivity index (χ3n) is 3.68. The number of furan rings is 1. The van der Waals surface area contributed by atoms with Crippen molar-refractivity contribution < 1.29 is 22.4 Å². The number of hydrogen-bond acceptors (Lipinski definition) is 6. The fourth-order valence-electron chi connectivity index (χ4n) is 2.60.